The Morgan fingerprint density at radius 3 is 2.35 bits per heavy atom. The summed E-state index contributed by atoms with van der Waals surface area (Å²) >= 11 is 0. The van der Waals surface area contributed by atoms with Crippen molar-refractivity contribution in [3.63, 3.8) is 0 Å². The Labute approximate surface area is 194 Å². The molecule has 34 heavy (non-hydrogen) atoms. The number of fused-ring (bicyclic) bond motifs is 2. The lowest BCUT2D eigenvalue weighted by Gasteiger charge is -2.18. The van der Waals surface area contributed by atoms with Gasteiger partial charge in [0.1, 0.15) is 5.82 Å². The van der Waals surface area contributed by atoms with Gasteiger partial charge < -0.3 is 10.1 Å². The summed E-state index contributed by atoms with van der Waals surface area (Å²) in [5, 5.41) is 10.7. The lowest BCUT2D eigenvalue weighted by Crippen LogP contribution is -2.31. The first kappa shape index (κ1) is 21.7. The maximum Gasteiger partial charge on any atom is 0.330 e. The third-order valence-corrected chi connectivity index (χ3v) is 6.53. The van der Waals surface area contributed by atoms with Crippen LogP contribution >= 0.6 is 0 Å². The number of hydrogen-bond donors (Lipinski definition) is 2. The fraction of sp³-hybridized carbons (Fsp3) is 0.185. The molecule has 0 radical (unpaired) electrons. The van der Waals surface area contributed by atoms with Crippen LogP contribution in [0.3, 0.4) is 0 Å². The van der Waals surface area contributed by atoms with Crippen LogP contribution in [0.25, 0.3) is 21.9 Å². The number of rotatable bonds is 6. The summed E-state index contributed by atoms with van der Waals surface area (Å²) in [6, 6.07) is 17.9. The largest absolute Gasteiger partial charge is 0.481 e. The molecule has 0 fully saturated rings. The van der Waals surface area contributed by atoms with Gasteiger partial charge >= 0.3 is 11.7 Å². The second-order valence-electron chi connectivity index (χ2n) is 8.59. The van der Waals surface area contributed by atoms with Crippen molar-refractivity contribution in [1.82, 2.24) is 14.1 Å². The molecule has 2 heterocycles. The minimum Gasteiger partial charge on any atom is -0.481 e. The fourth-order valence-corrected chi connectivity index (χ4v) is 4.95. The van der Waals surface area contributed by atoms with Crippen LogP contribution in [0.5, 0.6) is 0 Å². The Morgan fingerprint density at radius 2 is 1.68 bits per heavy atom. The van der Waals surface area contributed by atoms with Gasteiger partial charge in [-0.25, -0.2) is 9.18 Å². The van der Waals surface area contributed by atoms with Gasteiger partial charge in [0.2, 0.25) is 0 Å². The number of carboxylic acid groups (broad SMARTS) is 1. The number of aryl methyl sites for hydroxylation is 1. The van der Waals surface area contributed by atoms with Crippen molar-refractivity contribution >= 4 is 27.9 Å². The van der Waals surface area contributed by atoms with Crippen molar-refractivity contribution in [3.8, 4) is 0 Å². The molecule has 0 bridgehead atoms. The normalized spacial score (nSPS) is 13.4. The molecule has 2 atom stereocenters. The SMILES string of the molecule is Cc1cccc2[nH]cc(C(C)n3c(=O)n([C@H](CC(=O)O)c4ccc(F)cc4)c4ccccc43)c12. The molecule has 172 valence electrons. The van der Waals surface area contributed by atoms with E-state index in [0.717, 1.165) is 22.0 Å². The van der Waals surface area contributed by atoms with E-state index < -0.39 is 17.8 Å². The topological polar surface area (TPSA) is 80.0 Å². The number of carboxylic acids is 1. The average Bonchev–Trinajstić information content (AvgIpc) is 3.37. The number of halogens is 1. The monoisotopic (exact) mass is 457 g/mol. The zero-order valence-corrected chi connectivity index (χ0v) is 18.8. The summed E-state index contributed by atoms with van der Waals surface area (Å²) in [5.41, 5.74) is 4.67. The quantitative estimate of drug-likeness (QED) is 0.358. The smallest absolute Gasteiger partial charge is 0.330 e. The minimum atomic E-state index is -1.04. The summed E-state index contributed by atoms with van der Waals surface area (Å²) < 4.78 is 16.8. The van der Waals surface area contributed by atoms with E-state index in [0.29, 0.717) is 16.6 Å². The van der Waals surface area contributed by atoms with E-state index in [-0.39, 0.29) is 18.2 Å². The number of aromatic nitrogens is 3. The summed E-state index contributed by atoms with van der Waals surface area (Å²) in [4.78, 5) is 29.0. The Kier molecular flexibility index (Phi) is 5.32. The van der Waals surface area contributed by atoms with Gasteiger partial charge in [0.15, 0.2) is 0 Å². The van der Waals surface area contributed by atoms with Crippen molar-refractivity contribution in [2.45, 2.75) is 32.4 Å². The van der Waals surface area contributed by atoms with E-state index in [1.807, 2.05) is 62.5 Å². The van der Waals surface area contributed by atoms with Crippen LogP contribution < -0.4 is 5.69 Å². The zero-order chi connectivity index (χ0) is 24.0. The van der Waals surface area contributed by atoms with Crippen LogP contribution in [0.2, 0.25) is 0 Å². The molecule has 0 amide bonds. The summed E-state index contributed by atoms with van der Waals surface area (Å²) in [6.45, 7) is 4.01. The molecule has 0 spiro atoms. The molecule has 6 nitrogen and oxygen atoms in total. The van der Waals surface area contributed by atoms with Crippen LogP contribution in [0.4, 0.5) is 4.39 Å². The zero-order valence-electron chi connectivity index (χ0n) is 18.8. The van der Waals surface area contributed by atoms with Crippen molar-refractivity contribution in [1.29, 1.82) is 0 Å². The van der Waals surface area contributed by atoms with E-state index in [1.165, 1.54) is 28.8 Å². The number of nitrogens with zero attached hydrogens (tertiary/aromatic N) is 2. The lowest BCUT2D eigenvalue weighted by atomic mass is 10.0. The second-order valence-corrected chi connectivity index (χ2v) is 8.59. The van der Waals surface area contributed by atoms with Crippen LogP contribution in [-0.2, 0) is 4.79 Å². The number of H-pyrrole nitrogens is 1. The Balaban J connectivity index is 1.75. The van der Waals surface area contributed by atoms with Crippen molar-refractivity contribution in [2.24, 2.45) is 0 Å². The molecule has 0 aliphatic heterocycles. The molecule has 1 unspecified atom stereocenters. The van der Waals surface area contributed by atoms with Gasteiger partial charge in [-0.2, -0.15) is 0 Å². The maximum absolute atomic E-state index is 14.0. The second kappa shape index (κ2) is 8.33. The van der Waals surface area contributed by atoms with Gasteiger partial charge in [-0.05, 0) is 55.3 Å². The van der Waals surface area contributed by atoms with Crippen LogP contribution in [0.1, 0.15) is 42.1 Å². The summed E-state index contributed by atoms with van der Waals surface area (Å²) in [7, 11) is 0. The Morgan fingerprint density at radius 1 is 1.00 bits per heavy atom. The molecule has 5 aromatic rings. The molecular formula is C27H24FN3O3. The third kappa shape index (κ3) is 3.50. The molecule has 0 aliphatic rings. The number of aliphatic carboxylic acids is 1. The summed E-state index contributed by atoms with van der Waals surface area (Å²) in [6.07, 6.45) is 1.62. The van der Waals surface area contributed by atoms with E-state index in [9.17, 15) is 19.1 Å². The molecule has 5 rings (SSSR count). The van der Waals surface area contributed by atoms with Gasteiger partial charge in [0.05, 0.1) is 29.5 Å². The first-order valence-corrected chi connectivity index (χ1v) is 11.1. The van der Waals surface area contributed by atoms with Crippen molar-refractivity contribution in [2.75, 3.05) is 0 Å². The lowest BCUT2D eigenvalue weighted by molar-refractivity contribution is -0.137. The van der Waals surface area contributed by atoms with E-state index in [1.54, 1.807) is 4.57 Å². The van der Waals surface area contributed by atoms with Gasteiger partial charge in [-0.1, -0.05) is 36.4 Å². The molecular weight excluding hydrogens is 433 g/mol. The molecule has 0 saturated carbocycles. The number of hydrogen-bond acceptors (Lipinski definition) is 2. The maximum atomic E-state index is 14.0. The summed E-state index contributed by atoms with van der Waals surface area (Å²) in [5.74, 6) is -1.46. The number of nitrogens with one attached hydrogen (secondary N) is 1. The standard InChI is InChI=1S/C27H24FN3O3/c1-16-6-5-7-21-26(16)20(15-29-21)17(2)30-22-8-3-4-9-23(22)31(27(30)34)24(14-25(32)33)18-10-12-19(28)13-11-18/h3-13,15,17,24,29H,14H2,1-2H3,(H,32,33)/t17?,24-/m1/s1. The molecule has 2 aromatic heterocycles. The number of aromatic amines is 1. The predicted molar refractivity (Wildman–Crippen MR) is 130 cm³/mol. The fourth-order valence-electron chi connectivity index (χ4n) is 4.95. The van der Waals surface area contributed by atoms with Gasteiger partial charge in [-0.3, -0.25) is 13.9 Å². The highest BCUT2D eigenvalue weighted by Crippen LogP contribution is 2.32. The van der Waals surface area contributed by atoms with Gasteiger partial charge in [0, 0.05) is 22.7 Å². The Hall–Kier alpha value is -4.13. The predicted octanol–water partition coefficient (Wildman–Crippen LogP) is 5.41. The molecule has 0 saturated heterocycles. The van der Waals surface area contributed by atoms with Gasteiger partial charge in [-0.15, -0.1) is 0 Å². The minimum absolute atomic E-state index is 0.305. The average molecular weight is 458 g/mol. The van der Waals surface area contributed by atoms with Gasteiger partial charge in [0.25, 0.3) is 0 Å². The number of para-hydroxylation sites is 2. The molecule has 0 aliphatic carbocycles. The van der Waals surface area contributed by atoms with Crippen molar-refractivity contribution in [3.05, 3.63) is 106 Å². The number of carbonyl (C=O) groups is 1. The first-order valence-electron chi connectivity index (χ1n) is 11.1. The highest BCUT2D eigenvalue weighted by molar-refractivity contribution is 5.87. The highest BCUT2D eigenvalue weighted by Gasteiger charge is 2.27. The van der Waals surface area contributed by atoms with E-state index >= 15 is 0 Å². The number of benzene rings is 3. The Bertz CT molecular complexity index is 1580. The molecule has 7 heteroatoms. The van der Waals surface area contributed by atoms with Crippen molar-refractivity contribution < 1.29 is 14.3 Å². The van der Waals surface area contributed by atoms with E-state index in [2.05, 4.69) is 4.98 Å². The van der Waals surface area contributed by atoms with Crippen LogP contribution in [0.15, 0.2) is 77.7 Å². The van der Waals surface area contributed by atoms with Crippen LogP contribution in [0, 0.1) is 12.7 Å². The van der Waals surface area contributed by atoms with E-state index in [4.69, 9.17) is 0 Å². The first-order chi connectivity index (χ1) is 16.4. The molecule has 2 N–H and O–H groups in total. The highest BCUT2D eigenvalue weighted by atomic mass is 19.1. The third-order valence-electron chi connectivity index (χ3n) is 6.53. The number of imidazole rings is 1. The molecule has 3 aromatic carbocycles. The van der Waals surface area contributed by atoms with Crippen LogP contribution in [-0.4, -0.2) is 25.2 Å².